The number of ether oxygens (including phenoxy) is 1. The summed E-state index contributed by atoms with van der Waals surface area (Å²) >= 11 is 0. The van der Waals surface area contributed by atoms with Crippen molar-refractivity contribution in [3.8, 4) is 0 Å². The van der Waals surface area contributed by atoms with Gasteiger partial charge in [-0.15, -0.1) is 13.2 Å². The molecule has 0 aromatic carbocycles. The summed E-state index contributed by atoms with van der Waals surface area (Å²) in [6.07, 6.45) is 10.9. The van der Waals surface area contributed by atoms with E-state index in [0.717, 1.165) is 38.9 Å². The molecule has 0 aliphatic rings. The van der Waals surface area contributed by atoms with Crippen LogP contribution in [-0.2, 0) is 4.74 Å². The lowest BCUT2D eigenvalue weighted by molar-refractivity contribution is 0.127. The predicted octanol–water partition coefficient (Wildman–Crippen LogP) is 3.72. The number of unbranched alkanes of at least 4 members (excludes halogenated alkanes) is 4. The first kappa shape index (κ1) is 12.4. The van der Waals surface area contributed by atoms with Gasteiger partial charge < -0.3 is 4.74 Å². The van der Waals surface area contributed by atoms with Gasteiger partial charge in [-0.25, -0.2) is 0 Å². The largest absolute Gasteiger partial charge is 0.381 e. The maximum absolute atomic E-state index is 5.46. The van der Waals surface area contributed by atoms with Gasteiger partial charge in [-0.2, -0.15) is 0 Å². The fourth-order valence-corrected chi connectivity index (χ4v) is 1.09. The van der Waals surface area contributed by atoms with Gasteiger partial charge in [0, 0.05) is 13.2 Å². The fraction of sp³-hybridized carbons (Fsp3) is 0.667. The molecule has 0 aromatic rings. The van der Waals surface area contributed by atoms with E-state index >= 15 is 0 Å². The first-order valence-corrected chi connectivity index (χ1v) is 5.21. The van der Waals surface area contributed by atoms with Crippen molar-refractivity contribution in [2.24, 2.45) is 0 Å². The molecule has 0 saturated heterocycles. The van der Waals surface area contributed by atoms with Crippen LogP contribution in [0.15, 0.2) is 25.3 Å². The van der Waals surface area contributed by atoms with Crippen molar-refractivity contribution in [1.82, 2.24) is 0 Å². The zero-order valence-corrected chi connectivity index (χ0v) is 8.63. The molecule has 0 atom stereocenters. The summed E-state index contributed by atoms with van der Waals surface area (Å²) in [5.74, 6) is 0. The molecule has 0 unspecified atom stereocenters. The van der Waals surface area contributed by atoms with Crippen molar-refractivity contribution in [3.63, 3.8) is 0 Å². The molecule has 0 saturated carbocycles. The second-order valence-electron chi connectivity index (χ2n) is 3.18. The third kappa shape index (κ3) is 11.4. The van der Waals surface area contributed by atoms with Gasteiger partial charge >= 0.3 is 0 Å². The lowest BCUT2D eigenvalue weighted by atomic mass is 10.2. The average Bonchev–Trinajstić information content (AvgIpc) is 2.16. The van der Waals surface area contributed by atoms with Gasteiger partial charge in [-0.1, -0.05) is 12.2 Å². The molecule has 0 spiro atoms. The molecule has 1 heteroatoms. The van der Waals surface area contributed by atoms with Crippen LogP contribution in [0.1, 0.15) is 38.5 Å². The normalized spacial score (nSPS) is 9.85. The molecule has 0 radical (unpaired) electrons. The molecule has 0 heterocycles. The molecule has 13 heavy (non-hydrogen) atoms. The minimum absolute atomic E-state index is 0.905. The number of hydrogen-bond acceptors (Lipinski definition) is 1. The summed E-state index contributed by atoms with van der Waals surface area (Å²) < 4.78 is 5.46. The van der Waals surface area contributed by atoms with Gasteiger partial charge in [0.2, 0.25) is 0 Å². The summed E-state index contributed by atoms with van der Waals surface area (Å²) in [7, 11) is 0. The third-order valence-corrected chi connectivity index (χ3v) is 1.89. The molecule has 0 amide bonds. The quantitative estimate of drug-likeness (QED) is 0.369. The molecule has 0 aromatic heterocycles. The zero-order chi connectivity index (χ0) is 9.78. The molecule has 0 aliphatic heterocycles. The van der Waals surface area contributed by atoms with Crippen molar-refractivity contribution >= 4 is 0 Å². The van der Waals surface area contributed by atoms with Crippen LogP contribution in [0.4, 0.5) is 0 Å². The Kier molecular flexibility index (Phi) is 10.9. The maximum Gasteiger partial charge on any atom is 0.0466 e. The Bertz CT molecular complexity index is 104. The lowest BCUT2D eigenvalue weighted by Gasteiger charge is -2.02. The van der Waals surface area contributed by atoms with E-state index in [1.54, 1.807) is 0 Å². The van der Waals surface area contributed by atoms with Crippen molar-refractivity contribution < 1.29 is 4.74 Å². The monoisotopic (exact) mass is 182 g/mol. The van der Waals surface area contributed by atoms with E-state index in [4.69, 9.17) is 4.74 Å². The van der Waals surface area contributed by atoms with Crippen LogP contribution >= 0.6 is 0 Å². The predicted molar refractivity (Wildman–Crippen MR) is 58.9 cm³/mol. The van der Waals surface area contributed by atoms with E-state index in [1.165, 1.54) is 12.8 Å². The second kappa shape index (κ2) is 11.4. The van der Waals surface area contributed by atoms with Crippen LogP contribution in [0, 0.1) is 0 Å². The Hall–Kier alpha value is -0.560. The molecule has 76 valence electrons. The summed E-state index contributed by atoms with van der Waals surface area (Å²) in [6, 6.07) is 0. The highest BCUT2D eigenvalue weighted by atomic mass is 16.5. The first-order chi connectivity index (χ1) is 6.41. The zero-order valence-electron chi connectivity index (χ0n) is 8.63. The Morgan fingerprint density at radius 3 is 1.62 bits per heavy atom. The molecule has 0 aliphatic carbocycles. The molecule has 0 bridgehead atoms. The topological polar surface area (TPSA) is 9.23 Å². The van der Waals surface area contributed by atoms with Gasteiger partial charge in [0.05, 0.1) is 0 Å². The van der Waals surface area contributed by atoms with Crippen LogP contribution in [0.3, 0.4) is 0 Å². The highest BCUT2D eigenvalue weighted by molar-refractivity contribution is 4.65. The summed E-state index contributed by atoms with van der Waals surface area (Å²) in [5.41, 5.74) is 0. The van der Waals surface area contributed by atoms with Crippen molar-refractivity contribution in [1.29, 1.82) is 0 Å². The van der Waals surface area contributed by atoms with Crippen LogP contribution in [0.2, 0.25) is 0 Å². The molecule has 1 nitrogen and oxygen atoms in total. The SMILES string of the molecule is C=CCCCCOCCCCC=C. The van der Waals surface area contributed by atoms with Crippen LogP contribution < -0.4 is 0 Å². The van der Waals surface area contributed by atoms with Gasteiger partial charge in [-0.05, 0) is 38.5 Å². The Balaban J connectivity index is 2.83. The van der Waals surface area contributed by atoms with Crippen LogP contribution in [-0.4, -0.2) is 13.2 Å². The standard InChI is InChI=1S/C12H22O/c1-3-5-7-9-11-13-12-10-8-6-4-2/h3-4H,1-2,5-12H2. The van der Waals surface area contributed by atoms with E-state index in [2.05, 4.69) is 13.2 Å². The van der Waals surface area contributed by atoms with Crippen molar-refractivity contribution in [3.05, 3.63) is 25.3 Å². The van der Waals surface area contributed by atoms with E-state index < -0.39 is 0 Å². The van der Waals surface area contributed by atoms with Gasteiger partial charge in [0.15, 0.2) is 0 Å². The minimum atomic E-state index is 0.905. The summed E-state index contributed by atoms with van der Waals surface area (Å²) in [5, 5.41) is 0. The molecule has 0 N–H and O–H groups in total. The summed E-state index contributed by atoms with van der Waals surface area (Å²) in [4.78, 5) is 0. The smallest absolute Gasteiger partial charge is 0.0466 e. The summed E-state index contributed by atoms with van der Waals surface area (Å²) in [6.45, 7) is 9.17. The van der Waals surface area contributed by atoms with Crippen molar-refractivity contribution in [2.45, 2.75) is 38.5 Å². The molecule has 0 rings (SSSR count). The first-order valence-electron chi connectivity index (χ1n) is 5.21. The van der Waals surface area contributed by atoms with E-state index in [0.29, 0.717) is 0 Å². The maximum atomic E-state index is 5.46. The molecule has 0 fully saturated rings. The Morgan fingerprint density at radius 1 is 0.769 bits per heavy atom. The Labute approximate surface area is 82.5 Å². The van der Waals surface area contributed by atoms with Gasteiger partial charge in [0.1, 0.15) is 0 Å². The van der Waals surface area contributed by atoms with E-state index in [1.807, 2.05) is 12.2 Å². The van der Waals surface area contributed by atoms with Gasteiger partial charge in [-0.3, -0.25) is 0 Å². The van der Waals surface area contributed by atoms with Crippen LogP contribution in [0.25, 0.3) is 0 Å². The molecular weight excluding hydrogens is 160 g/mol. The minimum Gasteiger partial charge on any atom is -0.381 e. The lowest BCUT2D eigenvalue weighted by Crippen LogP contribution is -1.96. The fourth-order valence-electron chi connectivity index (χ4n) is 1.09. The third-order valence-electron chi connectivity index (χ3n) is 1.89. The average molecular weight is 182 g/mol. The number of hydrogen-bond donors (Lipinski definition) is 0. The number of allylic oxidation sites excluding steroid dienone is 2. The highest BCUT2D eigenvalue weighted by Crippen LogP contribution is 1.99. The van der Waals surface area contributed by atoms with E-state index in [-0.39, 0.29) is 0 Å². The molecular formula is C12H22O. The second-order valence-corrected chi connectivity index (χ2v) is 3.18. The van der Waals surface area contributed by atoms with Gasteiger partial charge in [0.25, 0.3) is 0 Å². The van der Waals surface area contributed by atoms with Crippen molar-refractivity contribution in [2.75, 3.05) is 13.2 Å². The number of rotatable bonds is 10. The highest BCUT2D eigenvalue weighted by Gasteiger charge is 1.89. The van der Waals surface area contributed by atoms with Crippen LogP contribution in [0.5, 0.6) is 0 Å². The van der Waals surface area contributed by atoms with E-state index in [9.17, 15) is 0 Å². The Morgan fingerprint density at radius 2 is 1.23 bits per heavy atom.